The average molecular weight is 1950 g/mol. The fourth-order valence-electron chi connectivity index (χ4n) is 1.40. The molecule has 0 aliphatic carbocycles. The van der Waals surface area contributed by atoms with E-state index in [9.17, 15) is 97.4 Å². The van der Waals surface area contributed by atoms with Crippen molar-refractivity contribution in [1.29, 1.82) is 0 Å². The second-order valence-electron chi connectivity index (χ2n) is 6.18. The van der Waals surface area contributed by atoms with Crippen molar-refractivity contribution in [3.63, 3.8) is 0 Å². The summed E-state index contributed by atoms with van der Waals surface area (Å²) in [6.45, 7) is 0. The minimum Gasteiger partial charge on any atom is 1.00 e. The third-order valence-corrected chi connectivity index (χ3v) is 62.2. The summed E-state index contributed by atoms with van der Waals surface area (Å²) >= 11 is -98.5. The van der Waals surface area contributed by atoms with Crippen LogP contribution in [0, 0.1) is 0 Å². The summed E-state index contributed by atoms with van der Waals surface area (Å²) in [6, 6.07) is 0. The molecule has 0 unspecified atom stereocenters. The van der Waals surface area contributed by atoms with Gasteiger partial charge in [-0.25, -0.2) is 0 Å². The Labute approximate surface area is 402 Å². The van der Waals surface area contributed by atoms with E-state index in [-0.39, 0.29) is 77.6 Å². The van der Waals surface area contributed by atoms with Crippen molar-refractivity contribution >= 4 is 7.82 Å². The topological polar surface area (TPSA) is 607 Å². The second-order valence-corrected chi connectivity index (χ2v) is 55.7. The normalized spacial score (nSPS) is 15.0. The Morgan fingerprint density at radius 1 is 0.273 bits per heavy atom. The Balaban J connectivity index is -0.0000135. The van der Waals surface area contributed by atoms with Crippen molar-refractivity contribution in [2.75, 3.05) is 0 Å². The summed E-state index contributed by atoms with van der Waals surface area (Å²) in [5, 5.41) is 0. The molecule has 0 aliphatic rings. The van der Waals surface area contributed by atoms with E-state index in [1.165, 1.54) is 0 Å². The molecule has 0 aromatic carbocycles. The Bertz CT molecular complexity index is 2520. The van der Waals surface area contributed by atoms with E-state index in [1.807, 2.05) is 0 Å². The van der Waals surface area contributed by atoms with Gasteiger partial charge in [-0.05, 0) is 0 Å². The number of phosphoric acid groups is 1. The molecule has 0 saturated carbocycles. The van der Waals surface area contributed by atoms with Gasteiger partial charge < -0.3 is 0 Å². The molecular weight excluding hydrogens is 1950 g/mol. The maximum Gasteiger partial charge on any atom is 4.00 e. The van der Waals surface area contributed by atoms with E-state index < -0.39 is 209 Å². The molecule has 0 bridgehead atoms. The minimum atomic E-state index is -8.82. The van der Waals surface area contributed by atoms with Crippen LogP contribution in [0.15, 0.2) is 0 Å². The Kier molecular flexibility index (Phi) is 26.4. The summed E-state index contributed by atoms with van der Waals surface area (Å²) in [4.78, 5) is 0. The van der Waals surface area contributed by atoms with E-state index in [0.717, 1.165) is 0 Å². The molecule has 0 aromatic rings. The van der Waals surface area contributed by atoms with Gasteiger partial charge >= 0.3 is 412 Å². The molecule has 0 amide bonds. The zero-order valence-electron chi connectivity index (χ0n) is 23.2. The predicted octanol–water partition coefficient (Wildman–Crippen LogP) is -9.53. The zero-order chi connectivity index (χ0) is 43.0. The molecule has 0 rings (SSSR count). The van der Waals surface area contributed by atoms with Gasteiger partial charge in [-0.15, -0.1) is 0 Å². The Hall–Kier alpha value is 5.61. The van der Waals surface area contributed by atoms with Crippen LogP contribution < -0.4 is 62.7 Å². The molecule has 0 saturated heterocycles. The Morgan fingerprint density at radius 3 is 0.545 bits per heavy atom. The molecule has 40 nitrogen and oxygen atoms in total. The molecule has 0 aromatic heterocycles. The molecule has 0 atom stereocenters. The van der Waals surface area contributed by atoms with Crippen molar-refractivity contribution in [1.82, 2.24) is 0 Å². The van der Waals surface area contributed by atoms with Gasteiger partial charge in [0.05, 0.1) is 0 Å². The first-order valence-corrected chi connectivity index (χ1v) is 49.5. The fraction of sp³-hybridized carbons (Fsp3) is 0. The molecule has 0 fully saturated rings. The summed E-state index contributed by atoms with van der Waals surface area (Å²) in [7, 11) is -7.94. The maximum absolute atomic E-state index is 12.7. The van der Waals surface area contributed by atoms with Crippen LogP contribution in [0.4, 0.5) is 0 Å². The summed E-state index contributed by atoms with van der Waals surface area (Å²) in [6.07, 6.45) is 0. The molecule has 0 aliphatic heterocycles. The van der Waals surface area contributed by atoms with Crippen LogP contribution >= 0.6 is 7.82 Å². The minimum absolute atomic E-state index is 0. The number of hydrogen-bond donors (Lipinski definition) is 0. The largest absolute Gasteiger partial charge is 4.00 e. The monoisotopic (exact) mass is 1970 g/mol. The van der Waals surface area contributed by atoms with Crippen molar-refractivity contribution in [3.05, 3.63) is 0 Å². The third-order valence-electron chi connectivity index (χ3n) is 2.05. The maximum atomic E-state index is 12.7. The smallest absolute Gasteiger partial charge is 1.00 e. The van der Waals surface area contributed by atoms with Gasteiger partial charge in [0.1, 0.15) is 0 Å². The average Bonchev–Trinajstić information content (AvgIpc) is 2.58. The molecule has 55 heteroatoms. The van der Waals surface area contributed by atoms with Crippen LogP contribution in [0.3, 0.4) is 0 Å². The first kappa shape index (κ1) is 64.9. The summed E-state index contributed by atoms with van der Waals surface area (Å²) < 4.78 is 351. The van der Waals surface area contributed by atoms with Crippen LogP contribution in [-0.4, -0.2) is 0 Å². The summed E-state index contributed by atoms with van der Waals surface area (Å²) in [5.74, 6) is 0. The first-order valence-electron chi connectivity index (χ1n) is 8.73. The Morgan fingerprint density at radius 2 is 0.400 bits per heavy atom. The van der Waals surface area contributed by atoms with Crippen LogP contribution in [0.25, 0.3) is 0 Å². The second kappa shape index (κ2) is 22.4. The standard InChI is InChI=1S/K.12Mo.H3O4P.36O.Zr/c;;;;;;;;;;;;;1-5(2,3)4;;;;;;;;;;;;;;;;;;;;;;;;;;;;;;;;;;;;;/h;;;;;;;;;;;;;(H3,1,2,3,4);;;;;;;;;;;;;;;;;;;;;;;;;;;;;;;;;;;;;/q+1;;;;;;;;;;3*+1;;;;;;;;;;;;;;;;;;;;;;;;;;;;;;;;;;;3*-1;+4/p-3. The van der Waals surface area contributed by atoms with Crippen LogP contribution in [0.5, 0.6) is 0 Å². The number of rotatable bonds is 24. The molecule has 0 spiro atoms. The van der Waals surface area contributed by atoms with Gasteiger partial charge in [-0.3, -0.25) is 0 Å². The van der Waals surface area contributed by atoms with E-state index in [2.05, 4.69) is 27.9 Å². The summed E-state index contributed by atoms with van der Waals surface area (Å²) in [5.41, 5.74) is 0. The SMILES string of the molecule is O=P([O][Mo](=[O])(=[O])[O][Mo](=[O])(=[O])[O][Mo](=[O])(=[O])[O][Mo](=[O])(=[O])[O-])([O][Mo](=[O])(=[O])[O][Mo](=[O])(=[O])[O][Mo](=[O])(=[O])[O][Mo](=[O])(=[O])[O-])[O][Mo](=[O])(=[O])[O][Mo](=[O])(=[O])[O][Mo](=[O])(=[O])[O][Mo](=[O])(=[O])[O-].[K+].[Zr+4]. The van der Waals surface area contributed by atoms with Crippen molar-refractivity contribution in [3.8, 4) is 0 Å². The quantitative estimate of drug-likeness (QED) is 0.0640. The molecule has 320 valence electrons. The van der Waals surface area contributed by atoms with Gasteiger partial charge in [0.2, 0.25) is 0 Å². The van der Waals surface area contributed by atoms with E-state index in [1.54, 1.807) is 0 Å². The third kappa shape index (κ3) is 32.8. The van der Waals surface area contributed by atoms with Crippen LogP contribution in [0.2, 0.25) is 0 Å². The van der Waals surface area contributed by atoms with Gasteiger partial charge in [-0.1, -0.05) is 0 Å². The molecule has 0 heterocycles. The predicted molar refractivity (Wildman–Crippen MR) is 37.1 cm³/mol. The van der Waals surface area contributed by atoms with Crippen molar-refractivity contribution in [2.24, 2.45) is 0 Å². The van der Waals surface area contributed by atoms with Gasteiger partial charge in [0, 0.05) is 0 Å². The molecule has 0 N–H and O–H groups in total. The molecule has 55 heavy (non-hydrogen) atoms. The zero-order valence-corrected chi connectivity index (χ0v) is 53.7. The first-order chi connectivity index (χ1) is 22.5. The van der Waals surface area contributed by atoms with E-state index >= 15 is 0 Å². The molecular formula is KMo12O40PZr+2. The van der Waals surface area contributed by atoms with Crippen LogP contribution in [-0.2, 0) is 341 Å². The van der Waals surface area contributed by atoms with Gasteiger partial charge in [0.15, 0.2) is 0 Å². The number of hydrogen-bond acceptors (Lipinski definition) is 40. The fourth-order valence-corrected chi connectivity index (χ4v) is 60.0. The van der Waals surface area contributed by atoms with E-state index in [4.69, 9.17) is 0 Å². The van der Waals surface area contributed by atoms with Crippen LogP contribution in [0.1, 0.15) is 0 Å². The van der Waals surface area contributed by atoms with E-state index in [0.29, 0.717) is 0 Å². The van der Waals surface area contributed by atoms with Crippen molar-refractivity contribution in [2.45, 2.75) is 0 Å². The molecule has 0 radical (unpaired) electrons. The van der Waals surface area contributed by atoms with Crippen molar-refractivity contribution < 1.29 is 404 Å². The van der Waals surface area contributed by atoms with Gasteiger partial charge in [0.25, 0.3) is 0 Å². The van der Waals surface area contributed by atoms with Gasteiger partial charge in [-0.2, -0.15) is 0 Å².